The van der Waals surface area contributed by atoms with Crippen LogP contribution in [0.3, 0.4) is 0 Å². The number of aromatic nitrogens is 1. The van der Waals surface area contributed by atoms with E-state index >= 15 is 0 Å². The van der Waals surface area contributed by atoms with E-state index in [2.05, 4.69) is 10.3 Å². The van der Waals surface area contributed by atoms with Gasteiger partial charge in [-0.15, -0.1) is 0 Å². The Bertz CT molecular complexity index is 1450. The van der Waals surface area contributed by atoms with Crippen LogP contribution in [0.1, 0.15) is 10.4 Å². The van der Waals surface area contributed by atoms with Crippen LogP contribution in [0, 0.1) is 0 Å². The number of carbonyl (C=O) groups is 1. The molecule has 5 heteroatoms. The normalized spacial score (nSPS) is 10.9. The topological polar surface area (TPSA) is 72.2 Å². The highest BCUT2D eigenvalue weighted by Crippen LogP contribution is 2.24. The highest BCUT2D eigenvalue weighted by atomic mass is 16.4. The van der Waals surface area contributed by atoms with E-state index < -0.39 is 5.63 Å². The number of nitrogens with zero attached hydrogens (tertiary/aromatic N) is 1. The van der Waals surface area contributed by atoms with Crippen LogP contribution in [0.25, 0.3) is 33.0 Å². The van der Waals surface area contributed by atoms with Gasteiger partial charge >= 0.3 is 5.63 Å². The van der Waals surface area contributed by atoms with E-state index in [1.807, 2.05) is 48.5 Å². The zero-order valence-corrected chi connectivity index (χ0v) is 15.8. The molecular formula is C25H16N2O3. The fourth-order valence-corrected chi connectivity index (χ4v) is 3.47. The van der Waals surface area contributed by atoms with Gasteiger partial charge in [0, 0.05) is 22.5 Å². The van der Waals surface area contributed by atoms with Crippen molar-refractivity contribution >= 4 is 33.5 Å². The third-order valence-corrected chi connectivity index (χ3v) is 4.99. The summed E-state index contributed by atoms with van der Waals surface area (Å²) in [6.45, 7) is 0. The van der Waals surface area contributed by atoms with Crippen molar-refractivity contribution < 1.29 is 9.21 Å². The molecule has 144 valence electrons. The number of amides is 1. The average Bonchev–Trinajstić information content (AvgIpc) is 2.79. The number of rotatable bonds is 3. The standard InChI is InChI=1S/C25H16N2O3/c28-24(27-22-8-3-7-21-19(22)6-4-14-26-21)17-12-10-16(11-13-17)20-15-18-5-1-2-9-23(18)30-25(20)29/h1-15H,(H,27,28). The molecule has 0 bridgehead atoms. The smallest absolute Gasteiger partial charge is 0.344 e. The molecule has 5 aromatic rings. The highest BCUT2D eigenvalue weighted by molar-refractivity contribution is 6.08. The molecule has 0 unspecified atom stereocenters. The van der Waals surface area contributed by atoms with Gasteiger partial charge in [0.05, 0.1) is 16.8 Å². The van der Waals surface area contributed by atoms with Gasteiger partial charge in [0.15, 0.2) is 0 Å². The molecule has 2 heterocycles. The molecule has 30 heavy (non-hydrogen) atoms. The maximum absolute atomic E-state index is 12.7. The Balaban J connectivity index is 1.44. The predicted octanol–water partition coefficient (Wildman–Crippen LogP) is 5.26. The lowest BCUT2D eigenvalue weighted by atomic mass is 10.0. The Labute approximate surface area is 171 Å². The number of hydrogen-bond donors (Lipinski definition) is 1. The zero-order chi connectivity index (χ0) is 20.5. The summed E-state index contributed by atoms with van der Waals surface area (Å²) in [5.41, 5.74) is 3.30. The molecule has 0 aliphatic carbocycles. The third-order valence-electron chi connectivity index (χ3n) is 4.99. The Morgan fingerprint density at radius 1 is 0.867 bits per heavy atom. The van der Waals surface area contributed by atoms with Crippen LogP contribution in [0.2, 0.25) is 0 Å². The van der Waals surface area contributed by atoms with Crippen LogP contribution in [-0.4, -0.2) is 10.9 Å². The van der Waals surface area contributed by atoms with Gasteiger partial charge in [0.2, 0.25) is 0 Å². The minimum Gasteiger partial charge on any atom is -0.422 e. The van der Waals surface area contributed by atoms with Gasteiger partial charge in [-0.2, -0.15) is 0 Å². The molecule has 0 saturated heterocycles. The number of hydrogen-bond acceptors (Lipinski definition) is 4. The molecule has 1 N–H and O–H groups in total. The summed E-state index contributed by atoms with van der Waals surface area (Å²) in [5.74, 6) is -0.233. The van der Waals surface area contributed by atoms with Crippen molar-refractivity contribution in [3.8, 4) is 11.1 Å². The lowest BCUT2D eigenvalue weighted by Gasteiger charge is -2.09. The van der Waals surface area contributed by atoms with Crippen LogP contribution in [0.15, 0.2) is 100 Å². The molecule has 0 atom stereocenters. The molecule has 2 aromatic heterocycles. The molecule has 0 radical (unpaired) electrons. The summed E-state index contributed by atoms with van der Waals surface area (Å²) in [5, 5.41) is 4.66. The van der Waals surface area contributed by atoms with Crippen LogP contribution in [-0.2, 0) is 0 Å². The second-order valence-corrected chi connectivity index (χ2v) is 6.89. The predicted molar refractivity (Wildman–Crippen MR) is 118 cm³/mol. The fraction of sp³-hybridized carbons (Fsp3) is 0. The molecule has 3 aromatic carbocycles. The van der Waals surface area contributed by atoms with E-state index in [1.165, 1.54) is 0 Å². The molecule has 0 aliphatic heterocycles. The Kier molecular flexibility index (Phi) is 4.33. The second-order valence-electron chi connectivity index (χ2n) is 6.89. The summed E-state index contributed by atoms with van der Waals surface area (Å²) in [6.07, 6.45) is 1.72. The van der Waals surface area contributed by atoms with Crippen molar-refractivity contribution in [3.05, 3.63) is 107 Å². The number of benzene rings is 3. The number of nitrogens with one attached hydrogen (secondary N) is 1. The average molecular weight is 392 g/mol. The van der Waals surface area contributed by atoms with Gasteiger partial charge in [0.1, 0.15) is 5.58 Å². The van der Waals surface area contributed by atoms with Gasteiger partial charge in [-0.05, 0) is 54.1 Å². The summed E-state index contributed by atoms with van der Waals surface area (Å²) in [6, 6.07) is 25.4. The lowest BCUT2D eigenvalue weighted by Crippen LogP contribution is -2.12. The molecule has 0 saturated carbocycles. The first-order valence-corrected chi connectivity index (χ1v) is 9.47. The summed E-state index contributed by atoms with van der Waals surface area (Å²) in [4.78, 5) is 29.4. The van der Waals surface area contributed by atoms with Gasteiger partial charge in [0.25, 0.3) is 5.91 Å². The first kappa shape index (κ1) is 17.8. The number of para-hydroxylation sites is 1. The summed E-state index contributed by atoms with van der Waals surface area (Å²) >= 11 is 0. The van der Waals surface area contributed by atoms with Crippen LogP contribution < -0.4 is 10.9 Å². The van der Waals surface area contributed by atoms with E-state index in [4.69, 9.17) is 4.42 Å². The van der Waals surface area contributed by atoms with Crippen molar-refractivity contribution in [1.29, 1.82) is 0 Å². The fourth-order valence-electron chi connectivity index (χ4n) is 3.47. The van der Waals surface area contributed by atoms with Crippen LogP contribution in [0.5, 0.6) is 0 Å². The zero-order valence-electron chi connectivity index (χ0n) is 15.8. The summed E-state index contributed by atoms with van der Waals surface area (Å²) < 4.78 is 5.40. The Morgan fingerprint density at radius 2 is 1.70 bits per heavy atom. The second kappa shape index (κ2) is 7.29. The molecular weight excluding hydrogens is 376 g/mol. The maximum atomic E-state index is 12.7. The van der Waals surface area contributed by atoms with Crippen molar-refractivity contribution in [3.63, 3.8) is 0 Å². The van der Waals surface area contributed by atoms with E-state index in [-0.39, 0.29) is 5.91 Å². The Hall–Kier alpha value is -4.25. The monoisotopic (exact) mass is 392 g/mol. The first-order valence-electron chi connectivity index (χ1n) is 9.47. The molecule has 0 fully saturated rings. The lowest BCUT2D eigenvalue weighted by molar-refractivity contribution is 0.102. The van der Waals surface area contributed by atoms with E-state index in [9.17, 15) is 9.59 Å². The SMILES string of the molecule is O=C(Nc1cccc2ncccc12)c1ccc(-c2cc3ccccc3oc2=O)cc1. The first-order chi connectivity index (χ1) is 14.7. The van der Waals surface area contributed by atoms with Crippen molar-refractivity contribution in [1.82, 2.24) is 4.98 Å². The molecule has 1 amide bonds. The van der Waals surface area contributed by atoms with Gasteiger partial charge < -0.3 is 9.73 Å². The third kappa shape index (κ3) is 3.22. The highest BCUT2D eigenvalue weighted by Gasteiger charge is 2.11. The van der Waals surface area contributed by atoms with Crippen LogP contribution >= 0.6 is 0 Å². The van der Waals surface area contributed by atoms with E-state index in [1.54, 1.807) is 42.6 Å². The van der Waals surface area contributed by atoms with E-state index in [0.717, 1.165) is 16.3 Å². The van der Waals surface area contributed by atoms with Crippen molar-refractivity contribution in [2.75, 3.05) is 5.32 Å². The van der Waals surface area contributed by atoms with E-state index in [0.29, 0.717) is 28.0 Å². The van der Waals surface area contributed by atoms with Gasteiger partial charge in [-0.25, -0.2) is 4.79 Å². The minimum atomic E-state index is -0.408. The quantitative estimate of drug-likeness (QED) is 0.425. The summed E-state index contributed by atoms with van der Waals surface area (Å²) in [7, 11) is 0. The van der Waals surface area contributed by atoms with Gasteiger partial charge in [-0.3, -0.25) is 9.78 Å². The molecule has 0 spiro atoms. The van der Waals surface area contributed by atoms with Crippen molar-refractivity contribution in [2.24, 2.45) is 0 Å². The number of fused-ring (bicyclic) bond motifs is 2. The molecule has 5 nitrogen and oxygen atoms in total. The van der Waals surface area contributed by atoms with Crippen molar-refractivity contribution in [2.45, 2.75) is 0 Å². The maximum Gasteiger partial charge on any atom is 0.344 e. The number of pyridine rings is 1. The number of carbonyl (C=O) groups excluding carboxylic acids is 1. The largest absolute Gasteiger partial charge is 0.422 e. The Morgan fingerprint density at radius 3 is 2.57 bits per heavy atom. The molecule has 0 aliphatic rings. The molecule has 5 rings (SSSR count). The number of anilines is 1. The van der Waals surface area contributed by atoms with Crippen LogP contribution in [0.4, 0.5) is 5.69 Å². The minimum absolute atomic E-state index is 0.233. The van der Waals surface area contributed by atoms with Gasteiger partial charge in [-0.1, -0.05) is 36.4 Å².